The average molecular weight is 377 g/mol. The van der Waals surface area contributed by atoms with Crippen molar-refractivity contribution in [3.8, 4) is 0 Å². The molecule has 140 valence electrons. The fourth-order valence-corrected chi connectivity index (χ4v) is 2.88. The number of hydrogen-bond acceptors (Lipinski definition) is 2. The Kier molecular flexibility index (Phi) is 5.84. The molecule has 0 atom stereocenters. The SMILES string of the molecule is c1ccc(N=NC(c2ccccc2)=[N+](Nc2ccccc2)c2ccccc2)cc1. The van der Waals surface area contributed by atoms with Crippen LogP contribution in [0.2, 0.25) is 0 Å². The first-order valence-electron chi connectivity index (χ1n) is 9.46. The predicted molar refractivity (Wildman–Crippen MR) is 118 cm³/mol. The summed E-state index contributed by atoms with van der Waals surface area (Å²) in [5.74, 6) is 0.699. The van der Waals surface area contributed by atoms with Crippen molar-refractivity contribution < 1.29 is 4.68 Å². The molecule has 0 unspecified atom stereocenters. The summed E-state index contributed by atoms with van der Waals surface area (Å²) in [5.41, 5.74) is 7.15. The van der Waals surface area contributed by atoms with E-state index < -0.39 is 0 Å². The number of para-hydroxylation sites is 2. The van der Waals surface area contributed by atoms with Gasteiger partial charge in [0.2, 0.25) is 0 Å². The van der Waals surface area contributed by atoms with Gasteiger partial charge in [0.15, 0.2) is 5.69 Å². The number of benzene rings is 4. The molecular formula is C25H21N4+. The smallest absolute Gasteiger partial charge is 0.223 e. The number of hydrazone groups is 1. The van der Waals surface area contributed by atoms with Gasteiger partial charge >= 0.3 is 5.84 Å². The Morgan fingerprint density at radius 3 is 1.72 bits per heavy atom. The first-order chi connectivity index (χ1) is 14.4. The molecule has 4 rings (SSSR count). The topological polar surface area (TPSA) is 39.8 Å². The van der Waals surface area contributed by atoms with E-state index in [9.17, 15) is 0 Å². The molecule has 1 N–H and O–H groups in total. The summed E-state index contributed by atoms with van der Waals surface area (Å²) >= 11 is 0. The summed E-state index contributed by atoms with van der Waals surface area (Å²) in [5, 5.41) is 9.12. The van der Waals surface area contributed by atoms with E-state index in [4.69, 9.17) is 0 Å². The Morgan fingerprint density at radius 1 is 0.586 bits per heavy atom. The molecule has 0 heterocycles. The number of hydrazine groups is 1. The highest BCUT2D eigenvalue weighted by Gasteiger charge is 2.20. The van der Waals surface area contributed by atoms with Crippen LogP contribution in [0.25, 0.3) is 0 Å². The van der Waals surface area contributed by atoms with Crippen molar-refractivity contribution in [1.82, 2.24) is 0 Å². The zero-order chi connectivity index (χ0) is 19.7. The Hall–Kier alpha value is -4.05. The molecule has 0 spiro atoms. The van der Waals surface area contributed by atoms with Crippen LogP contribution in [0.5, 0.6) is 0 Å². The van der Waals surface area contributed by atoms with Gasteiger partial charge in [-0.2, -0.15) is 0 Å². The molecule has 0 aromatic heterocycles. The van der Waals surface area contributed by atoms with Crippen LogP contribution in [-0.4, -0.2) is 10.5 Å². The van der Waals surface area contributed by atoms with Crippen molar-refractivity contribution >= 4 is 22.9 Å². The van der Waals surface area contributed by atoms with Crippen LogP contribution in [0.3, 0.4) is 0 Å². The second-order valence-electron chi connectivity index (χ2n) is 6.37. The largest absolute Gasteiger partial charge is 0.381 e. The lowest BCUT2D eigenvalue weighted by Gasteiger charge is -2.11. The standard InChI is InChI=1S/C25H21N4/c1-5-13-21(14-6-1)25(27-26-22-15-7-2-8-16-22)29(24-19-11-4-12-20-24)28-23-17-9-3-10-18-23/h1-20,28H/q+1. The quantitative estimate of drug-likeness (QED) is 0.138. The summed E-state index contributed by atoms with van der Waals surface area (Å²) < 4.78 is 1.96. The second-order valence-corrected chi connectivity index (χ2v) is 6.37. The van der Waals surface area contributed by atoms with Crippen LogP contribution in [0, 0.1) is 0 Å². The molecule has 0 aliphatic carbocycles. The first kappa shape index (κ1) is 18.3. The van der Waals surface area contributed by atoms with Crippen LogP contribution < -0.4 is 5.43 Å². The number of anilines is 1. The number of amidine groups is 1. The van der Waals surface area contributed by atoms with E-state index in [0.717, 1.165) is 22.6 Å². The number of nitrogens with zero attached hydrogens (tertiary/aromatic N) is 3. The van der Waals surface area contributed by atoms with E-state index in [2.05, 4.69) is 15.7 Å². The predicted octanol–water partition coefficient (Wildman–Crippen LogP) is 6.59. The van der Waals surface area contributed by atoms with Crippen molar-refractivity contribution in [3.05, 3.63) is 127 Å². The molecule has 4 aromatic rings. The molecule has 4 heteroatoms. The molecule has 0 aliphatic heterocycles. The van der Waals surface area contributed by atoms with Crippen LogP contribution in [0.15, 0.2) is 132 Å². The minimum atomic E-state index is 0.699. The Bertz CT molecular complexity index is 1090. The van der Waals surface area contributed by atoms with E-state index in [1.807, 2.05) is 126 Å². The van der Waals surface area contributed by atoms with E-state index in [0.29, 0.717) is 5.84 Å². The molecule has 29 heavy (non-hydrogen) atoms. The number of nitrogens with one attached hydrogen (secondary N) is 1. The highest BCUT2D eigenvalue weighted by Crippen LogP contribution is 2.19. The molecular weight excluding hydrogens is 356 g/mol. The summed E-state index contributed by atoms with van der Waals surface area (Å²) in [6, 6.07) is 39.9. The Labute approximate surface area is 170 Å². The third-order valence-corrected chi connectivity index (χ3v) is 4.29. The molecule has 4 aromatic carbocycles. The van der Waals surface area contributed by atoms with E-state index in [1.54, 1.807) is 0 Å². The summed E-state index contributed by atoms with van der Waals surface area (Å²) in [7, 11) is 0. The molecule has 0 bridgehead atoms. The minimum Gasteiger partial charge on any atom is -0.223 e. The zero-order valence-electron chi connectivity index (χ0n) is 15.9. The highest BCUT2D eigenvalue weighted by atomic mass is 15.5. The van der Waals surface area contributed by atoms with Crippen molar-refractivity contribution in [2.45, 2.75) is 0 Å². The van der Waals surface area contributed by atoms with Gasteiger partial charge in [0.25, 0.3) is 0 Å². The van der Waals surface area contributed by atoms with Gasteiger partial charge < -0.3 is 0 Å². The summed E-state index contributed by atoms with van der Waals surface area (Å²) in [6.45, 7) is 0. The van der Waals surface area contributed by atoms with E-state index in [-0.39, 0.29) is 0 Å². The fraction of sp³-hybridized carbons (Fsp3) is 0. The normalized spacial score (nSPS) is 11.9. The Morgan fingerprint density at radius 2 is 1.10 bits per heavy atom. The maximum atomic E-state index is 4.64. The molecule has 4 nitrogen and oxygen atoms in total. The van der Waals surface area contributed by atoms with Crippen LogP contribution in [-0.2, 0) is 0 Å². The lowest BCUT2D eigenvalue weighted by atomic mass is 10.2. The van der Waals surface area contributed by atoms with Gasteiger partial charge in [-0.25, -0.2) is 5.43 Å². The van der Waals surface area contributed by atoms with Crippen LogP contribution in [0.4, 0.5) is 17.1 Å². The third-order valence-electron chi connectivity index (χ3n) is 4.29. The lowest BCUT2D eigenvalue weighted by molar-refractivity contribution is -0.405. The monoisotopic (exact) mass is 377 g/mol. The van der Waals surface area contributed by atoms with Crippen molar-refractivity contribution in [3.63, 3.8) is 0 Å². The second kappa shape index (κ2) is 9.24. The number of azo groups is 1. The molecule has 0 saturated carbocycles. The molecule has 0 aliphatic rings. The molecule has 0 fully saturated rings. The van der Waals surface area contributed by atoms with Gasteiger partial charge in [-0.15, -0.1) is 4.68 Å². The molecule has 0 radical (unpaired) electrons. The third kappa shape index (κ3) is 4.82. The van der Waals surface area contributed by atoms with Gasteiger partial charge in [0.05, 0.1) is 16.4 Å². The molecule has 0 saturated heterocycles. The maximum Gasteiger partial charge on any atom is 0.381 e. The van der Waals surface area contributed by atoms with Crippen LogP contribution >= 0.6 is 0 Å². The minimum absolute atomic E-state index is 0.699. The molecule has 0 amide bonds. The zero-order valence-corrected chi connectivity index (χ0v) is 15.9. The maximum absolute atomic E-state index is 4.64. The van der Waals surface area contributed by atoms with Crippen molar-refractivity contribution in [1.29, 1.82) is 0 Å². The summed E-state index contributed by atoms with van der Waals surface area (Å²) in [6.07, 6.45) is 0. The Balaban J connectivity index is 1.88. The van der Waals surface area contributed by atoms with Gasteiger partial charge in [0.1, 0.15) is 5.69 Å². The van der Waals surface area contributed by atoms with Gasteiger partial charge in [-0.1, -0.05) is 72.8 Å². The van der Waals surface area contributed by atoms with Gasteiger partial charge in [-0.3, -0.25) is 0 Å². The number of hydrogen-bond donors (Lipinski definition) is 1. The van der Waals surface area contributed by atoms with E-state index >= 15 is 0 Å². The van der Waals surface area contributed by atoms with Gasteiger partial charge in [0, 0.05) is 0 Å². The lowest BCUT2D eigenvalue weighted by Crippen LogP contribution is -2.22. The van der Waals surface area contributed by atoms with Crippen molar-refractivity contribution in [2.24, 2.45) is 10.2 Å². The highest BCUT2D eigenvalue weighted by molar-refractivity contribution is 5.96. The summed E-state index contributed by atoms with van der Waals surface area (Å²) in [4.78, 5) is 0. The van der Waals surface area contributed by atoms with Crippen molar-refractivity contribution in [2.75, 3.05) is 5.43 Å². The van der Waals surface area contributed by atoms with Gasteiger partial charge in [-0.05, 0) is 53.6 Å². The van der Waals surface area contributed by atoms with E-state index in [1.165, 1.54) is 0 Å². The average Bonchev–Trinajstić information content (AvgIpc) is 2.81. The number of rotatable bonds is 5. The first-order valence-corrected chi connectivity index (χ1v) is 9.46. The van der Waals surface area contributed by atoms with Crippen LogP contribution in [0.1, 0.15) is 5.56 Å². The fourth-order valence-electron chi connectivity index (χ4n) is 2.88.